The second-order valence-corrected chi connectivity index (χ2v) is 10.2. The molecule has 3 heterocycles. The number of fused-ring (bicyclic) bond motifs is 2. The van der Waals surface area contributed by atoms with Crippen molar-refractivity contribution in [3.05, 3.63) is 71.8 Å². The number of pyridine rings is 1. The Balaban J connectivity index is 1.68. The Kier molecular flexibility index (Phi) is 5.22. The minimum atomic E-state index is -3.38. The lowest BCUT2D eigenvalue weighted by molar-refractivity contribution is 0.602. The zero-order chi connectivity index (χ0) is 23.2. The number of sulfone groups is 1. The average Bonchev–Trinajstić information content (AvgIpc) is 3.28. The second-order valence-electron chi connectivity index (χ2n) is 7.73. The Hall–Kier alpha value is -3.56. The summed E-state index contributed by atoms with van der Waals surface area (Å²) in [6.45, 7) is 1.99. The molecule has 2 aromatic carbocycles. The van der Waals surface area contributed by atoms with Crippen LogP contribution in [0, 0.1) is 0 Å². The Morgan fingerprint density at radius 1 is 1.06 bits per heavy atom. The first-order valence-corrected chi connectivity index (χ1v) is 12.4. The number of nitrogens with zero attached hydrogens (tertiary/aromatic N) is 4. The quantitative estimate of drug-likeness (QED) is 0.373. The highest BCUT2D eigenvalue weighted by Crippen LogP contribution is 2.34. The summed E-state index contributed by atoms with van der Waals surface area (Å²) in [6, 6.07) is 14.1. The van der Waals surface area contributed by atoms with Gasteiger partial charge in [-0.2, -0.15) is 0 Å². The topological polar surface area (TPSA) is 114 Å². The molecule has 0 unspecified atom stereocenters. The van der Waals surface area contributed by atoms with Crippen LogP contribution < -0.4 is 5.32 Å². The summed E-state index contributed by atoms with van der Waals surface area (Å²) >= 11 is 6.43. The van der Waals surface area contributed by atoms with Crippen molar-refractivity contribution in [3.63, 3.8) is 0 Å². The number of imidazole rings is 1. The number of aromatic nitrogens is 5. The van der Waals surface area contributed by atoms with Gasteiger partial charge in [-0.1, -0.05) is 35.9 Å². The highest BCUT2D eigenvalue weighted by Gasteiger charge is 2.19. The molecule has 5 aromatic rings. The molecular weight excluding hydrogens is 460 g/mol. The van der Waals surface area contributed by atoms with Crippen molar-refractivity contribution < 1.29 is 8.42 Å². The van der Waals surface area contributed by atoms with Gasteiger partial charge in [0, 0.05) is 22.8 Å². The van der Waals surface area contributed by atoms with E-state index in [0.29, 0.717) is 38.8 Å². The number of halogens is 1. The number of hydrogen-bond acceptors (Lipinski definition) is 7. The smallest absolute Gasteiger partial charge is 0.182 e. The molecule has 0 fully saturated rings. The van der Waals surface area contributed by atoms with E-state index < -0.39 is 9.84 Å². The molecule has 10 heteroatoms. The highest BCUT2D eigenvalue weighted by molar-refractivity contribution is 7.90. The molecule has 0 spiro atoms. The first-order chi connectivity index (χ1) is 15.8. The minimum Gasteiger partial charge on any atom is -0.362 e. The molecule has 0 aliphatic carbocycles. The fourth-order valence-electron chi connectivity index (χ4n) is 3.77. The van der Waals surface area contributed by atoms with E-state index in [-0.39, 0.29) is 10.9 Å². The molecule has 166 valence electrons. The minimum absolute atomic E-state index is 0.225. The van der Waals surface area contributed by atoms with Crippen LogP contribution in [0.2, 0.25) is 5.02 Å². The summed E-state index contributed by atoms with van der Waals surface area (Å²) in [5.74, 6) is 0.604. The maximum atomic E-state index is 12.2. The molecule has 33 heavy (non-hydrogen) atoms. The van der Waals surface area contributed by atoms with Gasteiger partial charge in [0.05, 0.1) is 33.5 Å². The summed E-state index contributed by atoms with van der Waals surface area (Å²) in [4.78, 5) is 20.8. The maximum Gasteiger partial charge on any atom is 0.182 e. The third kappa shape index (κ3) is 4.01. The number of para-hydroxylation sites is 1. The third-order valence-electron chi connectivity index (χ3n) is 5.40. The van der Waals surface area contributed by atoms with Gasteiger partial charge in [0.1, 0.15) is 11.8 Å². The van der Waals surface area contributed by atoms with E-state index in [1.807, 2.05) is 31.2 Å². The molecule has 0 aliphatic rings. The predicted molar refractivity (Wildman–Crippen MR) is 129 cm³/mol. The zero-order valence-electron chi connectivity index (χ0n) is 17.7. The van der Waals surface area contributed by atoms with Crippen LogP contribution in [-0.4, -0.2) is 39.6 Å². The van der Waals surface area contributed by atoms with E-state index in [9.17, 15) is 8.42 Å². The number of benzene rings is 2. The molecule has 5 rings (SSSR count). The van der Waals surface area contributed by atoms with Crippen LogP contribution in [0.25, 0.3) is 33.3 Å². The maximum absolute atomic E-state index is 12.2. The van der Waals surface area contributed by atoms with Gasteiger partial charge in [-0.25, -0.2) is 28.4 Å². The van der Waals surface area contributed by atoms with Gasteiger partial charge in [0.15, 0.2) is 21.3 Å². The first kappa shape index (κ1) is 21.3. The summed E-state index contributed by atoms with van der Waals surface area (Å²) in [5, 5.41) is 4.81. The van der Waals surface area contributed by atoms with Crippen molar-refractivity contribution in [2.45, 2.75) is 17.9 Å². The van der Waals surface area contributed by atoms with Crippen molar-refractivity contribution >= 4 is 49.3 Å². The number of rotatable bonds is 5. The van der Waals surface area contributed by atoms with E-state index in [1.165, 1.54) is 12.6 Å². The van der Waals surface area contributed by atoms with E-state index in [1.54, 1.807) is 30.6 Å². The van der Waals surface area contributed by atoms with Gasteiger partial charge in [0.2, 0.25) is 0 Å². The number of nitrogens with one attached hydrogen (secondary N) is 2. The Bertz CT molecular complexity index is 1620. The molecule has 0 saturated carbocycles. The lowest BCUT2D eigenvalue weighted by atomic mass is 9.98. The normalized spacial score (nSPS) is 12.8. The number of H-pyrrole nitrogens is 1. The molecule has 3 aromatic heterocycles. The SMILES string of the molecule is C[C@H](Nc1ncnc2nc[nH]c12)c1cc2cccc(Cl)c2nc1-c1cccc(S(C)(=O)=O)c1. The van der Waals surface area contributed by atoms with Crippen molar-refractivity contribution in [2.75, 3.05) is 11.6 Å². The molecule has 0 radical (unpaired) electrons. The molecule has 8 nitrogen and oxygen atoms in total. The average molecular weight is 479 g/mol. The number of hydrogen-bond donors (Lipinski definition) is 2. The van der Waals surface area contributed by atoms with Crippen LogP contribution in [0.1, 0.15) is 18.5 Å². The standard InChI is InChI=1S/C23H19ClN6O2S/c1-13(29-23-21-22(26-11-25-21)27-12-28-23)17-10-15-6-4-8-18(24)20(15)30-19(17)14-5-3-7-16(9-14)33(2,31)32/h3-13H,1-2H3,(H2,25,26,27,28,29)/t13-/m0/s1. The summed E-state index contributed by atoms with van der Waals surface area (Å²) < 4.78 is 24.3. The molecule has 2 N–H and O–H groups in total. The summed E-state index contributed by atoms with van der Waals surface area (Å²) in [6.07, 6.45) is 4.21. The lowest BCUT2D eigenvalue weighted by Crippen LogP contribution is -2.11. The van der Waals surface area contributed by atoms with Gasteiger partial charge in [-0.05, 0) is 31.2 Å². The van der Waals surface area contributed by atoms with Crippen molar-refractivity contribution in [1.82, 2.24) is 24.9 Å². The van der Waals surface area contributed by atoms with Gasteiger partial charge < -0.3 is 10.3 Å². The van der Waals surface area contributed by atoms with E-state index in [2.05, 4.69) is 25.3 Å². The fourth-order valence-corrected chi connectivity index (χ4v) is 4.66. The van der Waals surface area contributed by atoms with E-state index in [4.69, 9.17) is 16.6 Å². The Labute approximate surface area is 195 Å². The van der Waals surface area contributed by atoms with Gasteiger partial charge in [0.25, 0.3) is 0 Å². The van der Waals surface area contributed by atoms with Crippen molar-refractivity contribution in [3.8, 4) is 11.3 Å². The van der Waals surface area contributed by atoms with Crippen LogP contribution in [0.3, 0.4) is 0 Å². The van der Waals surface area contributed by atoms with Crippen LogP contribution in [0.4, 0.5) is 5.82 Å². The molecule has 1 atom stereocenters. The predicted octanol–water partition coefficient (Wildman–Crippen LogP) is 4.80. The van der Waals surface area contributed by atoms with Gasteiger partial charge in [-0.15, -0.1) is 0 Å². The second kappa shape index (κ2) is 8.09. The van der Waals surface area contributed by atoms with Crippen LogP contribution in [-0.2, 0) is 9.84 Å². The Morgan fingerprint density at radius 3 is 2.70 bits per heavy atom. The third-order valence-corrected chi connectivity index (χ3v) is 6.82. The van der Waals surface area contributed by atoms with Gasteiger partial charge >= 0.3 is 0 Å². The van der Waals surface area contributed by atoms with E-state index >= 15 is 0 Å². The highest BCUT2D eigenvalue weighted by atomic mass is 35.5. The van der Waals surface area contributed by atoms with Crippen molar-refractivity contribution in [2.24, 2.45) is 0 Å². The monoisotopic (exact) mass is 478 g/mol. The zero-order valence-corrected chi connectivity index (χ0v) is 19.3. The molecule has 0 bridgehead atoms. The molecule has 0 aliphatic heterocycles. The van der Waals surface area contributed by atoms with Gasteiger partial charge in [-0.3, -0.25) is 0 Å². The lowest BCUT2D eigenvalue weighted by Gasteiger charge is -2.20. The van der Waals surface area contributed by atoms with E-state index in [0.717, 1.165) is 10.9 Å². The molecular formula is C23H19ClN6O2S. The van der Waals surface area contributed by atoms with Crippen LogP contribution in [0.5, 0.6) is 0 Å². The first-order valence-electron chi connectivity index (χ1n) is 10.1. The molecule has 0 saturated heterocycles. The summed E-state index contributed by atoms with van der Waals surface area (Å²) in [7, 11) is -3.38. The molecule has 0 amide bonds. The summed E-state index contributed by atoms with van der Waals surface area (Å²) in [5.41, 5.74) is 4.08. The number of anilines is 1. The van der Waals surface area contributed by atoms with Crippen LogP contribution >= 0.6 is 11.6 Å². The largest absolute Gasteiger partial charge is 0.362 e. The number of aromatic amines is 1. The fraction of sp³-hybridized carbons (Fsp3) is 0.130. The van der Waals surface area contributed by atoms with Crippen molar-refractivity contribution in [1.29, 1.82) is 0 Å². The Morgan fingerprint density at radius 2 is 1.88 bits per heavy atom. The van der Waals surface area contributed by atoms with Crippen LogP contribution in [0.15, 0.2) is 66.1 Å².